The molecule has 3 aromatic carbocycles. The molecule has 0 heterocycles. The van der Waals surface area contributed by atoms with Gasteiger partial charge in [0.05, 0.1) is 5.75 Å². The second-order valence-corrected chi connectivity index (χ2v) is 9.34. The largest absolute Gasteiger partial charge is 0.325 e. The van der Waals surface area contributed by atoms with Crippen molar-refractivity contribution < 1.29 is 4.79 Å². The number of aryl methyl sites for hydroxylation is 1. The third-order valence-corrected chi connectivity index (χ3v) is 7.01. The zero-order chi connectivity index (χ0) is 20.6. The Morgan fingerprint density at radius 2 is 1.66 bits per heavy atom. The number of halogens is 2. The highest BCUT2D eigenvalue weighted by Crippen LogP contribution is 2.28. The van der Waals surface area contributed by atoms with Crippen LogP contribution < -0.4 is 5.32 Å². The fraction of sp³-hybridized carbons (Fsp3) is 0.174. The monoisotopic (exact) mass is 461 g/mol. The maximum absolute atomic E-state index is 12.3. The third-order valence-electron chi connectivity index (χ3n) is 4.25. The smallest absolute Gasteiger partial charge is 0.234 e. The van der Waals surface area contributed by atoms with Crippen LogP contribution in [0.2, 0.25) is 10.0 Å². The van der Waals surface area contributed by atoms with Crippen LogP contribution in [0.1, 0.15) is 16.7 Å². The van der Waals surface area contributed by atoms with Crippen LogP contribution in [0.25, 0.3) is 0 Å². The fourth-order valence-corrected chi connectivity index (χ4v) is 5.17. The number of benzene rings is 3. The van der Waals surface area contributed by atoms with Crippen LogP contribution in [0.3, 0.4) is 0 Å². The van der Waals surface area contributed by atoms with E-state index in [1.165, 1.54) is 22.2 Å². The molecule has 2 nitrogen and oxygen atoms in total. The first-order valence-electron chi connectivity index (χ1n) is 9.11. The van der Waals surface area contributed by atoms with Gasteiger partial charge in [-0.1, -0.05) is 59.6 Å². The minimum Gasteiger partial charge on any atom is -0.325 e. The van der Waals surface area contributed by atoms with Crippen molar-refractivity contribution in [1.29, 1.82) is 0 Å². The van der Waals surface area contributed by atoms with Gasteiger partial charge in [-0.05, 0) is 53.9 Å². The summed E-state index contributed by atoms with van der Waals surface area (Å²) in [5.74, 6) is 1.80. The molecule has 150 valence electrons. The van der Waals surface area contributed by atoms with Crippen LogP contribution in [0.4, 0.5) is 5.69 Å². The van der Waals surface area contributed by atoms with E-state index in [0.717, 1.165) is 22.6 Å². The van der Waals surface area contributed by atoms with E-state index in [0.29, 0.717) is 21.6 Å². The highest BCUT2D eigenvalue weighted by molar-refractivity contribution is 7.99. The van der Waals surface area contributed by atoms with Gasteiger partial charge in [0, 0.05) is 32.1 Å². The Morgan fingerprint density at radius 3 is 2.34 bits per heavy atom. The number of amides is 1. The molecular weight excluding hydrogens is 441 g/mol. The molecule has 0 aliphatic rings. The standard InChI is InChI=1S/C23H21Cl2NOS2/c1-16-12-17(13-29-18-6-3-2-4-7-18)10-11-22(16)26-23(27)15-28-14-19-20(24)8-5-9-21(19)25/h2-12H,13-15H2,1H3,(H,26,27). The van der Waals surface area contributed by atoms with E-state index >= 15 is 0 Å². The molecule has 0 saturated heterocycles. The molecule has 1 amide bonds. The number of anilines is 1. The molecule has 0 aliphatic carbocycles. The van der Waals surface area contributed by atoms with Gasteiger partial charge in [0.25, 0.3) is 0 Å². The van der Waals surface area contributed by atoms with Crippen LogP contribution in [-0.4, -0.2) is 11.7 Å². The van der Waals surface area contributed by atoms with Gasteiger partial charge in [-0.15, -0.1) is 23.5 Å². The molecule has 0 bridgehead atoms. The summed E-state index contributed by atoms with van der Waals surface area (Å²) in [5.41, 5.74) is 4.01. The van der Waals surface area contributed by atoms with Gasteiger partial charge >= 0.3 is 0 Å². The zero-order valence-corrected chi connectivity index (χ0v) is 19.1. The number of rotatable bonds is 8. The average Bonchev–Trinajstić information content (AvgIpc) is 2.71. The van der Waals surface area contributed by atoms with E-state index in [-0.39, 0.29) is 5.91 Å². The van der Waals surface area contributed by atoms with Crippen LogP contribution in [0, 0.1) is 6.92 Å². The van der Waals surface area contributed by atoms with E-state index in [4.69, 9.17) is 23.2 Å². The first-order chi connectivity index (χ1) is 14.0. The first-order valence-corrected chi connectivity index (χ1v) is 12.0. The minimum atomic E-state index is -0.0345. The second kappa shape index (κ2) is 11.0. The van der Waals surface area contributed by atoms with Crippen molar-refractivity contribution in [3.05, 3.63) is 93.5 Å². The van der Waals surface area contributed by atoms with E-state index in [1.807, 2.05) is 49.4 Å². The summed E-state index contributed by atoms with van der Waals surface area (Å²) in [4.78, 5) is 13.6. The van der Waals surface area contributed by atoms with Crippen molar-refractivity contribution in [2.75, 3.05) is 11.1 Å². The molecule has 0 fully saturated rings. The summed E-state index contributed by atoms with van der Waals surface area (Å²) in [7, 11) is 0. The predicted octanol–water partition coefficient (Wildman–Crippen LogP) is 7.47. The summed E-state index contributed by atoms with van der Waals surface area (Å²) >= 11 is 15.6. The predicted molar refractivity (Wildman–Crippen MR) is 128 cm³/mol. The lowest BCUT2D eigenvalue weighted by atomic mass is 10.1. The number of carbonyl (C=O) groups excluding carboxylic acids is 1. The Morgan fingerprint density at radius 1 is 0.931 bits per heavy atom. The van der Waals surface area contributed by atoms with E-state index in [1.54, 1.807) is 11.8 Å². The molecule has 0 unspecified atom stereocenters. The fourth-order valence-electron chi connectivity index (χ4n) is 2.74. The number of nitrogens with one attached hydrogen (secondary N) is 1. The average molecular weight is 462 g/mol. The molecule has 3 aromatic rings. The van der Waals surface area contributed by atoms with Gasteiger partial charge in [0.2, 0.25) is 5.91 Å². The second-order valence-electron chi connectivity index (χ2n) is 6.49. The van der Waals surface area contributed by atoms with Crippen molar-refractivity contribution in [2.45, 2.75) is 23.3 Å². The lowest BCUT2D eigenvalue weighted by Gasteiger charge is -2.11. The maximum atomic E-state index is 12.3. The normalized spacial score (nSPS) is 10.7. The van der Waals surface area contributed by atoms with E-state index < -0.39 is 0 Å². The molecule has 0 atom stereocenters. The summed E-state index contributed by atoms with van der Waals surface area (Å²) in [5, 5.41) is 4.25. The lowest BCUT2D eigenvalue weighted by Crippen LogP contribution is -2.15. The molecule has 29 heavy (non-hydrogen) atoms. The number of hydrogen-bond acceptors (Lipinski definition) is 3. The number of hydrogen-bond donors (Lipinski definition) is 1. The first kappa shape index (κ1) is 22.1. The van der Waals surface area contributed by atoms with Crippen LogP contribution in [-0.2, 0) is 16.3 Å². The summed E-state index contributed by atoms with van der Waals surface area (Å²) < 4.78 is 0. The Labute approximate surface area is 190 Å². The van der Waals surface area contributed by atoms with Gasteiger partial charge in [0.1, 0.15) is 0 Å². The quantitative estimate of drug-likeness (QED) is 0.352. The topological polar surface area (TPSA) is 29.1 Å². The van der Waals surface area contributed by atoms with Gasteiger partial charge < -0.3 is 5.32 Å². The Kier molecular flexibility index (Phi) is 8.37. The Balaban J connectivity index is 1.50. The SMILES string of the molecule is Cc1cc(CSc2ccccc2)ccc1NC(=O)CSCc1c(Cl)cccc1Cl. The molecule has 3 rings (SSSR count). The Bertz CT molecular complexity index is 960. The van der Waals surface area contributed by atoms with E-state index in [2.05, 4.69) is 29.6 Å². The van der Waals surface area contributed by atoms with Crippen molar-refractivity contribution in [2.24, 2.45) is 0 Å². The highest BCUT2D eigenvalue weighted by Gasteiger charge is 2.09. The van der Waals surface area contributed by atoms with Crippen LogP contribution in [0.5, 0.6) is 0 Å². The number of thioether (sulfide) groups is 2. The molecule has 6 heteroatoms. The molecule has 0 aromatic heterocycles. The molecule has 0 saturated carbocycles. The lowest BCUT2D eigenvalue weighted by molar-refractivity contribution is -0.113. The van der Waals surface area contributed by atoms with Gasteiger partial charge in [-0.3, -0.25) is 4.79 Å². The van der Waals surface area contributed by atoms with Crippen LogP contribution >= 0.6 is 46.7 Å². The third kappa shape index (κ3) is 6.71. The number of carbonyl (C=O) groups is 1. The molecule has 0 radical (unpaired) electrons. The summed E-state index contributed by atoms with van der Waals surface area (Å²) in [6.07, 6.45) is 0. The van der Waals surface area contributed by atoms with Crippen LogP contribution in [0.15, 0.2) is 71.6 Å². The van der Waals surface area contributed by atoms with Gasteiger partial charge in [0.15, 0.2) is 0 Å². The summed E-state index contributed by atoms with van der Waals surface area (Å²) in [6, 6.07) is 21.9. The molecule has 0 spiro atoms. The zero-order valence-electron chi connectivity index (χ0n) is 16.0. The maximum Gasteiger partial charge on any atom is 0.234 e. The molecule has 1 N–H and O–H groups in total. The van der Waals surface area contributed by atoms with Crippen molar-refractivity contribution >= 4 is 58.3 Å². The van der Waals surface area contributed by atoms with Crippen molar-refractivity contribution in [3.8, 4) is 0 Å². The Hall–Kier alpha value is -1.59. The minimum absolute atomic E-state index is 0.0345. The van der Waals surface area contributed by atoms with Gasteiger partial charge in [-0.25, -0.2) is 0 Å². The van der Waals surface area contributed by atoms with Crippen molar-refractivity contribution in [1.82, 2.24) is 0 Å². The van der Waals surface area contributed by atoms with Crippen molar-refractivity contribution in [3.63, 3.8) is 0 Å². The van der Waals surface area contributed by atoms with Gasteiger partial charge in [-0.2, -0.15) is 0 Å². The molecule has 0 aliphatic heterocycles. The highest BCUT2D eigenvalue weighted by atomic mass is 35.5. The molecular formula is C23H21Cl2NOS2. The summed E-state index contributed by atoms with van der Waals surface area (Å²) in [6.45, 7) is 2.02. The van der Waals surface area contributed by atoms with E-state index in [9.17, 15) is 4.79 Å².